The highest BCUT2D eigenvalue weighted by Crippen LogP contribution is 2.44. The number of benzene rings is 3. The Morgan fingerprint density at radius 1 is 1.00 bits per heavy atom. The van der Waals surface area contributed by atoms with Crippen LogP contribution in [0.4, 0.5) is 14.5 Å². The highest BCUT2D eigenvalue weighted by atomic mass is 19.1. The van der Waals surface area contributed by atoms with E-state index >= 15 is 0 Å². The number of carbonyl (C=O) groups is 2. The molecule has 0 saturated carbocycles. The zero-order chi connectivity index (χ0) is 26.2. The van der Waals surface area contributed by atoms with Crippen LogP contribution >= 0.6 is 0 Å². The largest absolute Gasteiger partial charge is 0.507 e. The second-order valence-corrected chi connectivity index (χ2v) is 9.57. The van der Waals surface area contributed by atoms with Crippen molar-refractivity contribution in [1.29, 1.82) is 0 Å². The number of ether oxygens (including phenoxy) is 1. The molecule has 1 N–H and O–H groups in total. The molecule has 3 aromatic rings. The number of ketones is 1. The molecule has 1 unspecified atom stereocenters. The Labute approximate surface area is 208 Å². The third-order valence-electron chi connectivity index (χ3n) is 6.09. The fourth-order valence-corrected chi connectivity index (χ4v) is 4.40. The molecule has 36 heavy (non-hydrogen) atoms. The van der Waals surface area contributed by atoms with E-state index in [1.807, 2.05) is 27.7 Å². The zero-order valence-electron chi connectivity index (χ0n) is 20.5. The van der Waals surface area contributed by atoms with Crippen molar-refractivity contribution < 1.29 is 28.2 Å². The summed E-state index contributed by atoms with van der Waals surface area (Å²) in [5.74, 6) is -3.44. The number of aliphatic hydroxyl groups excluding tert-OH is 1. The third kappa shape index (κ3) is 4.49. The maximum atomic E-state index is 14.8. The van der Waals surface area contributed by atoms with Crippen LogP contribution in [0.15, 0.2) is 72.3 Å². The number of Topliss-reactive ketones (excluding diaryl/α,β-unsaturated/α-hetero) is 1. The van der Waals surface area contributed by atoms with Crippen LogP contribution < -0.4 is 9.64 Å². The van der Waals surface area contributed by atoms with E-state index in [2.05, 4.69) is 0 Å². The van der Waals surface area contributed by atoms with Crippen LogP contribution in [-0.2, 0) is 15.0 Å². The Morgan fingerprint density at radius 2 is 1.69 bits per heavy atom. The standard InChI is InChI=1S/C29H27F2NO4/c1-5-36-23-14-11-18(15-20(23)29(2,3)4)26(33)24-25(17-9-7-6-8-10-17)32(28(35)27(24)34)22-16-19(30)12-13-21(22)31/h6-16,25,33H,5H2,1-4H3/b26-24-. The van der Waals surface area contributed by atoms with Crippen LogP contribution in [0, 0.1) is 11.6 Å². The van der Waals surface area contributed by atoms with Crippen LogP contribution in [0.3, 0.4) is 0 Å². The van der Waals surface area contributed by atoms with E-state index < -0.39 is 35.1 Å². The molecule has 1 amide bonds. The average Bonchev–Trinajstić information content (AvgIpc) is 3.11. The molecule has 0 aromatic heterocycles. The number of aliphatic hydroxyl groups is 1. The number of halogens is 2. The maximum Gasteiger partial charge on any atom is 0.300 e. The van der Waals surface area contributed by atoms with Gasteiger partial charge in [-0.15, -0.1) is 0 Å². The summed E-state index contributed by atoms with van der Waals surface area (Å²) in [6, 6.07) is 15.0. The van der Waals surface area contributed by atoms with Crippen molar-refractivity contribution >= 4 is 23.1 Å². The number of anilines is 1. The fourth-order valence-electron chi connectivity index (χ4n) is 4.40. The first-order chi connectivity index (χ1) is 17.0. The van der Waals surface area contributed by atoms with Gasteiger partial charge in [-0.05, 0) is 48.2 Å². The Bertz CT molecular complexity index is 1360. The van der Waals surface area contributed by atoms with Crippen LogP contribution in [0.2, 0.25) is 0 Å². The smallest absolute Gasteiger partial charge is 0.300 e. The summed E-state index contributed by atoms with van der Waals surface area (Å²) >= 11 is 0. The van der Waals surface area contributed by atoms with Crippen LogP contribution in [0.5, 0.6) is 5.75 Å². The minimum absolute atomic E-state index is 0.209. The molecule has 1 atom stereocenters. The summed E-state index contributed by atoms with van der Waals surface area (Å²) < 4.78 is 34.6. The van der Waals surface area contributed by atoms with Gasteiger partial charge in [0.05, 0.1) is 23.9 Å². The van der Waals surface area contributed by atoms with E-state index in [1.54, 1.807) is 48.5 Å². The monoisotopic (exact) mass is 491 g/mol. The summed E-state index contributed by atoms with van der Waals surface area (Å²) in [6.45, 7) is 8.29. The maximum absolute atomic E-state index is 14.8. The molecule has 5 nitrogen and oxygen atoms in total. The van der Waals surface area contributed by atoms with Gasteiger partial charge in [-0.3, -0.25) is 14.5 Å². The number of nitrogens with zero attached hydrogens (tertiary/aromatic N) is 1. The highest BCUT2D eigenvalue weighted by molar-refractivity contribution is 6.51. The fraction of sp³-hybridized carbons (Fsp3) is 0.241. The highest BCUT2D eigenvalue weighted by Gasteiger charge is 2.47. The third-order valence-corrected chi connectivity index (χ3v) is 6.09. The summed E-state index contributed by atoms with van der Waals surface area (Å²) in [6.07, 6.45) is 0. The molecule has 3 aromatic carbocycles. The normalized spacial score (nSPS) is 17.5. The molecular formula is C29H27F2NO4. The van der Waals surface area contributed by atoms with Gasteiger partial charge in [0, 0.05) is 17.2 Å². The summed E-state index contributed by atoms with van der Waals surface area (Å²) in [7, 11) is 0. The minimum atomic E-state index is -1.16. The van der Waals surface area contributed by atoms with Crippen molar-refractivity contribution in [3.63, 3.8) is 0 Å². The molecule has 1 aliphatic rings. The molecule has 1 aliphatic heterocycles. The number of carbonyl (C=O) groups excluding carboxylic acids is 2. The van der Waals surface area contributed by atoms with Gasteiger partial charge in [-0.2, -0.15) is 0 Å². The number of amides is 1. The molecule has 0 radical (unpaired) electrons. The molecule has 0 aliphatic carbocycles. The molecule has 1 saturated heterocycles. The molecule has 4 rings (SSSR count). The lowest BCUT2D eigenvalue weighted by atomic mass is 9.84. The first-order valence-electron chi connectivity index (χ1n) is 11.6. The molecule has 1 heterocycles. The predicted molar refractivity (Wildman–Crippen MR) is 134 cm³/mol. The van der Waals surface area contributed by atoms with Crippen LogP contribution in [-0.4, -0.2) is 23.4 Å². The Kier molecular flexibility index (Phi) is 6.67. The quantitative estimate of drug-likeness (QED) is 0.259. The molecule has 0 bridgehead atoms. The Hall–Kier alpha value is -4.00. The van der Waals surface area contributed by atoms with Crippen molar-refractivity contribution in [1.82, 2.24) is 0 Å². The molecular weight excluding hydrogens is 464 g/mol. The van der Waals surface area contributed by atoms with Gasteiger partial charge in [-0.1, -0.05) is 51.1 Å². The first kappa shape index (κ1) is 25.1. The van der Waals surface area contributed by atoms with Gasteiger partial charge in [0.1, 0.15) is 23.1 Å². The molecule has 0 spiro atoms. The van der Waals surface area contributed by atoms with Crippen LogP contribution in [0.25, 0.3) is 5.76 Å². The van der Waals surface area contributed by atoms with E-state index in [4.69, 9.17) is 4.74 Å². The average molecular weight is 492 g/mol. The molecule has 7 heteroatoms. The van der Waals surface area contributed by atoms with E-state index in [-0.39, 0.29) is 16.7 Å². The molecule has 186 valence electrons. The molecule has 1 fully saturated rings. The number of hydrogen-bond donors (Lipinski definition) is 1. The predicted octanol–water partition coefficient (Wildman–Crippen LogP) is 6.29. The lowest BCUT2D eigenvalue weighted by Gasteiger charge is -2.26. The summed E-state index contributed by atoms with van der Waals surface area (Å²) in [4.78, 5) is 27.4. The minimum Gasteiger partial charge on any atom is -0.507 e. The van der Waals surface area contributed by atoms with Crippen LogP contribution in [0.1, 0.15) is 50.4 Å². The van der Waals surface area contributed by atoms with Gasteiger partial charge < -0.3 is 9.84 Å². The zero-order valence-corrected chi connectivity index (χ0v) is 20.5. The van der Waals surface area contributed by atoms with Crippen molar-refractivity contribution in [2.75, 3.05) is 11.5 Å². The summed E-state index contributed by atoms with van der Waals surface area (Å²) in [5.41, 5.74) is 0.628. The van der Waals surface area contributed by atoms with Crippen molar-refractivity contribution in [3.8, 4) is 5.75 Å². The summed E-state index contributed by atoms with van der Waals surface area (Å²) in [5, 5.41) is 11.4. The first-order valence-corrected chi connectivity index (χ1v) is 11.6. The van der Waals surface area contributed by atoms with Gasteiger partial charge >= 0.3 is 0 Å². The Morgan fingerprint density at radius 3 is 2.33 bits per heavy atom. The van der Waals surface area contributed by atoms with Crippen molar-refractivity contribution in [3.05, 3.63) is 101 Å². The van der Waals surface area contributed by atoms with E-state index in [1.165, 1.54) is 0 Å². The van der Waals surface area contributed by atoms with E-state index in [0.717, 1.165) is 28.7 Å². The number of hydrogen-bond acceptors (Lipinski definition) is 4. The van der Waals surface area contributed by atoms with Crippen molar-refractivity contribution in [2.24, 2.45) is 0 Å². The Balaban J connectivity index is 1.96. The topological polar surface area (TPSA) is 66.8 Å². The number of rotatable bonds is 5. The second kappa shape index (κ2) is 9.57. The second-order valence-electron chi connectivity index (χ2n) is 9.57. The lowest BCUT2D eigenvalue weighted by molar-refractivity contribution is -0.132. The SMILES string of the molecule is CCOc1ccc(/C(O)=C2/C(=O)C(=O)N(c3cc(F)ccc3F)C2c2ccccc2)cc1C(C)(C)C. The van der Waals surface area contributed by atoms with Gasteiger partial charge in [0.2, 0.25) is 0 Å². The van der Waals surface area contributed by atoms with E-state index in [9.17, 15) is 23.5 Å². The van der Waals surface area contributed by atoms with Gasteiger partial charge in [-0.25, -0.2) is 8.78 Å². The van der Waals surface area contributed by atoms with E-state index in [0.29, 0.717) is 23.5 Å². The lowest BCUT2D eigenvalue weighted by Crippen LogP contribution is -2.30. The van der Waals surface area contributed by atoms with Gasteiger partial charge in [0.25, 0.3) is 11.7 Å². The van der Waals surface area contributed by atoms with Crippen molar-refractivity contribution in [2.45, 2.75) is 39.2 Å². The van der Waals surface area contributed by atoms with Gasteiger partial charge in [0.15, 0.2) is 0 Å².